The number of carbonyl (C=O) groups excluding carboxylic acids is 2. The number of hydrogen-bond acceptors (Lipinski definition) is 9. The number of aliphatic hydroxyl groups excluding tert-OH is 1. The number of nitro groups is 1. The topological polar surface area (TPSA) is 131 Å². The number of nitrogens with zero attached hydrogens (tertiary/aromatic N) is 4. The molecule has 3 N–H and O–H groups in total. The van der Waals surface area contributed by atoms with E-state index in [1.807, 2.05) is 30.3 Å². The third kappa shape index (κ3) is 7.71. The molecule has 0 saturated carbocycles. The number of fused-ring (bicyclic) bond motifs is 1. The Kier molecular flexibility index (Phi) is 11.2. The Morgan fingerprint density at radius 1 is 0.889 bits per heavy atom. The Morgan fingerprint density at radius 3 is 2.16 bits per heavy atom. The molecular weight excluding hydrogens is 572 g/mol. The maximum absolute atomic E-state index is 14.1. The smallest absolute Gasteiger partial charge is 0.269 e. The number of amides is 2. The van der Waals surface area contributed by atoms with Crippen LogP contribution in [-0.2, 0) is 9.59 Å². The lowest BCUT2D eigenvalue weighted by molar-refractivity contribution is -0.384. The summed E-state index contributed by atoms with van der Waals surface area (Å²) >= 11 is 0. The van der Waals surface area contributed by atoms with Crippen LogP contribution in [0.5, 0.6) is 0 Å². The maximum atomic E-state index is 14.1. The fourth-order valence-corrected chi connectivity index (χ4v) is 6.58. The number of aliphatic hydroxyl groups is 1. The number of anilines is 3. The number of hydrogen-bond donors (Lipinski definition) is 3. The van der Waals surface area contributed by atoms with E-state index >= 15 is 0 Å². The van der Waals surface area contributed by atoms with Crippen LogP contribution < -0.4 is 20.5 Å². The van der Waals surface area contributed by atoms with Crippen molar-refractivity contribution in [3.8, 4) is 0 Å². The molecule has 45 heavy (non-hydrogen) atoms. The Hall–Kier alpha value is -3.80. The van der Waals surface area contributed by atoms with Crippen molar-refractivity contribution >= 4 is 34.6 Å². The van der Waals surface area contributed by atoms with Gasteiger partial charge < -0.3 is 20.7 Å². The molecule has 2 fully saturated rings. The van der Waals surface area contributed by atoms with Crippen molar-refractivity contribution in [2.24, 2.45) is 5.92 Å². The van der Waals surface area contributed by atoms with Gasteiger partial charge in [0.1, 0.15) is 6.04 Å². The highest BCUT2D eigenvalue weighted by molar-refractivity contribution is 6.24. The molecule has 2 aromatic rings. The van der Waals surface area contributed by atoms with Crippen molar-refractivity contribution in [1.29, 1.82) is 0 Å². The summed E-state index contributed by atoms with van der Waals surface area (Å²) in [5.41, 5.74) is 5.27. The molecule has 4 atom stereocenters. The number of benzene rings is 2. The first-order valence-corrected chi connectivity index (χ1v) is 16.5. The Bertz CT molecular complexity index is 1330. The first-order chi connectivity index (χ1) is 21.9. The van der Waals surface area contributed by atoms with Crippen molar-refractivity contribution in [2.45, 2.75) is 82.9 Å². The molecule has 2 unspecified atom stereocenters. The van der Waals surface area contributed by atoms with Crippen LogP contribution in [0.4, 0.5) is 22.7 Å². The van der Waals surface area contributed by atoms with Gasteiger partial charge in [-0.3, -0.25) is 19.7 Å². The van der Waals surface area contributed by atoms with Gasteiger partial charge in [0, 0.05) is 49.7 Å². The van der Waals surface area contributed by atoms with E-state index in [1.54, 1.807) is 23.2 Å². The SMILES string of the molecule is CCCCCCCCCC[C@H](O)C1C=CC2C(=O)N(c3ccc(N4CCNCC4)cc3)C(=O)[C@H]2N1Nc1ccc([N+](=O)[O-])cc1. The summed E-state index contributed by atoms with van der Waals surface area (Å²) in [7, 11) is 0. The number of imide groups is 1. The molecule has 3 aliphatic heterocycles. The van der Waals surface area contributed by atoms with Gasteiger partial charge >= 0.3 is 0 Å². The second kappa shape index (κ2) is 15.5. The highest BCUT2D eigenvalue weighted by Gasteiger charge is 2.54. The second-order valence-corrected chi connectivity index (χ2v) is 12.3. The van der Waals surface area contributed by atoms with Crippen LogP contribution in [0.3, 0.4) is 0 Å². The first-order valence-electron chi connectivity index (χ1n) is 16.5. The largest absolute Gasteiger partial charge is 0.391 e. The van der Waals surface area contributed by atoms with Gasteiger partial charge in [-0.15, -0.1) is 0 Å². The standard InChI is InChI=1S/C34H46N6O5/c1-2-3-4-5-6-7-8-9-10-31(41)30-20-19-29-32(39(30)36-25-11-13-28(14-12-25)40(44)45)34(43)38(33(29)42)27-17-15-26(16-18-27)37-23-21-35-22-24-37/h11-20,29-32,35-36,41H,2-10,21-24H2,1H3/t29?,30?,31-,32-/m0/s1. The minimum atomic E-state index is -0.885. The van der Waals surface area contributed by atoms with Crippen LogP contribution in [0, 0.1) is 16.0 Å². The summed E-state index contributed by atoms with van der Waals surface area (Å²) in [5, 5.41) is 27.6. The first kappa shape index (κ1) is 32.6. The van der Waals surface area contributed by atoms with Gasteiger partial charge in [0.2, 0.25) is 5.91 Å². The minimum absolute atomic E-state index is 0.0502. The highest BCUT2D eigenvalue weighted by Crippen LogP contribution is 2.37. The normalized spacial score (nSPS) is 22.5. The molecule has 3 aliphatic rings. The number of non-ortho nitro benzene ring substituents is 1. The Labute approximate surface area is 265 Å². The molecule has 0 spiro atoms. The van der Waals surface area contributed by atoms with Crippen molar-refractivity contribution < 1.29 is 19.6 Å². The third-order valence-electron chi connectivity index (χ3n) is 9.13. The number of rotatable bonds is 15. The number of piperazine rings is 1. The van der Waals surface area contributed by atoms with Gasteiger partial charge in [-0.25, -0.2) is 9.91 Å². The van der Waals surface area contributed by atoms with Crippen molar-refractivity contribution in [2.75, 3.05) is 41.4 Å². The molecule has 2 amide bonds. The summed E-state index contributed by atoms with van der Waals surface area (Å²) in [6.07, 6.45) is 12.6. The molecule has 2 aromatic carbocycles. The van der Waals surface area contributed by atoms with Crippen molar-refractivity contribution in [3.05, 3.63) is 70.8 Å². The number of carbonyl (C=O) groups is 2. The molecule has 11 nitrogen and oxygen atoms in total. The number of hydrazine groups is 1. The van der Waals surface area contributed by atoms with Gasteiger partial charge in [0.05, 0.1) is 28.7 Å². The molecule has 242 valence electrons. The van der Waals surface area contributed by atoms with E-state index < -0.39 is 29.0 Å². The molecule has 5 rings (SSSR count). The van der Waals surface area contributed by atoms with E-state index in [2.05, 4.69) is 22.6 Å². The monoisotopic (exact) mass is 618 g/mol. The van der Waals surface area contributed by atoms with Crippen LogP contribution in [-0.4, -0.2) is 71.2 Å². The van der Waals surface area contributed by atoms with Gasteiger partial charge in [0.25, 0.3) is 11.6 Å². The molecule has 2 saturated heterocycles. The number of nitro benzene ring substituents is 1. The molecular formula is C34H46N6O5. The minimum Gasteiger partial charge on any atom is -0.391 e. The summed E-state index contributed by atoms with van der Waals surface area (Å²) in [5.74, 6) is -1.42. The van der Waals surface area contributed by atoms with Gasteiger partial charge in [-0.05, 0) is 42.8 Å². The maximum Gasteiger partial charge on any atom is 0.269 e. The number of nitrogens with one attached hydrogen (secondary N) is 2. The quantitative estimate of drug-likeness (QED) is 0.0828. The fourth-order valence-electron chi connectivity index (χ4n) is 6.58. The van der Waals surface area contributed by atoms with Crippen molar-refractivity contribution in [1.82, 2.24) is 10.3 Å². The summed E-state index contributed by atoms with van der Waals surface area (Å²) in [6, 6.07) is 12.0. The molecule has 0 aliphatic carbocycles. The second-order valence-electron chi connectivity index (χ2n) is 12.3. The molecule has 0 aromatic heterocycles. The van der Waals surface area contributed by atoms with Crippen LogP contribution in [0.1, 0.15) is 64.7 Å². The van der Waals surface area contributed by atoms with Gasteiger partial charge in [-0.2, -0.15) is 0 Å². The predicted molar refractivity (Wildman–Crippen MR) is 176 cm³/mol. The van der Waals surface area contributed by atoms with Crippen LogP contribution in [0.15, 0.2) is 60.7 Å². The van der Waals surface area contributed by atoms with Gasteiger partial charge in [0.15, 0.2) is 0 Å². The zero-order chi connectivity index (χ0) is 31.8. The zero-order valence-electron chi connectivity index (χ0n) is 26.1. The highest BCUT2D eigenvalue weighted by atomic mass is 16.6. The van der Waals surface area contributed by atoms with Crippen LogP contribution in [0.2, 0.25) is 0 Å². The molecule has 0 radical (unpaired) electrons. The van der Waals surface area contributed by atoms with E-state index in [9.17, 15) is 24.8 Å². The zero-order valence-corrected chi connectivity index (χ0v) is 26.1. The predicted octanol–water partition coefficient (Wildman–Crippen LogP) is 5.02. The molecule has 3 heterocycles. The van der Waals surface area contributed by atoms with Crippen LogP contribution in [0.25, 0.3) is 0 Å². The average Bonchev–Trinajstić information content (AvgIpc) is 3.32. The summed E-state index contributed by atoms with van der Waals surface area (Å²) < 4.78 is 0. The lowest BCUT2D eigenvalue weighted by Crippen LogP contribution is -2.57. The molecule has 11 heteroatoms. The lowest BCUT2D eigenvalue weighted by atomic mass is 9.91. The third-order valence-corrected chi connectivity index (χ3v) is 9.13. The Balaban J connectivity index is 1.32. The van der Waals surface area contributed by atoms with E-state index in [4.69, 9.17) is 0 Å². The van der Waals surface area contributed by atoms with Crippen molar-refractivity contribution in [3.63, 3.8) is 0 Å². The average molecular weight is 619 g/mol. The van der Waals surface area contributed by atoms with Crippen LogP contribution >= 0.6 is 0 Å². The van der Waals surface area contributed by atoms with E-state index in [-0.39, 0.29) is 17.5 Å². The summed E-state index contributed by atoms with van der Waals surface area (Å²) in [6.45, 7) is 5.80. The van der Waals surface area contributed by atoms with E-state index in [1.165, 1.54) is 49.1 Å². The summed E-state index contributed by atoms with van der Waals surface area (Å²) in [4.78, 5) is 42.0. The van der Waals surface area contributed by atoms with E-state index in [0.717, 1.165) is 51.1 Å². The molecule has 0 bridgehead atoms. The Morgan fingerprint density at radius 2 is 1.51 bits per heavy atom. The van der Waals surface area contributed by atoms with Gasteiger partial charge in [-0.1, -0.05) is 70.4 Å². The van der Waals surface area contributed by atoms with E-state index in [0.29, 0.717) is 17.8 Å². The number of unbranched alkanes of at least 4 members (excludes halogenated alkanes) is 7. The lowest BCUT2D eigenvalue weighted by Gasteiger charge is -2.40. The fraction of sp³-hybridized carbons (Fsp3) is 0.529.